The second kappa shape index (κ2) is 7.55. The van der Waals surface area contributed by atoms with E-state index >= 15 is 0 Å². The monoisotopic (exact) mass is 260 g/mol. The zero-order valence-corrected chi connectivity index (χ0v) is 11.2. The van der Waals surface area contributed by atoms with Crippen LogP contribution in [0.3, 0.4) is 0 Å². The van der Waals surface area contributed by atoms with Crippen molar-refractivity contribution in [1.29, 1.82) is 0 Å². The van der Waals surface area contributed by atoms with Crippen LogP contribution in [0.5, 0.6) is 0 Å². The van der Waals surface area contributed by atoms with Gasteiger partial charge >= 0.3 is 6.03 Å². The zero-order chi connectivity index (χ0) is 12.7. The Balaban J connectivity index is 2.36. The molecule has 1 aliphatic rings. The van der Waals surface area contributed by atoms with Gasteiger partial charge in [-0.05, 0) is 31.3 Å². The van der Waals surface area contributed by atoms with Crippen LogP contribution in [0.15, 0.2) is 0 Å². The van der Waals surface area contributed by atoms with Gasteiger partial charge in [-0.3, -0.25) is 9.69 Å². The highest BCUT2D eigenvalue weighted by Gasteiger charge is 2.36. The first-order valence-corrected chi connectivity index (χ1v) is 7.19. The smallest absolute Gasteiger partial charge is 0.324 e. The number of carbonyl (C=O) groups excluding carboxylic acids is 2. The van der Waals surface area contributed by atoms with E-state index in [0.717, 1.165) is 18.6 Å². The van der Waals surface area contributed by atoms with Crippen LogP contribution in [0.1, 0.15) is 19.3 Å². The van der Waals surface area contributed by atoms with Crippen LogP contribution in [0.4, 0.5) is 4.79 Å². The number of hydrogen-bond donors (Lipinski definition) is 1. The number of thioether (sulfide) groups is 1. The summed E-state index contributed by atoms with van der Waals surface area (Å²) in [5.41, 5.74) is 0. The number of imide groups is 1. The number of nitrogens with one attached hydrogen (secondary N) is 1. The molecule has 1 rings (SSSR count). The second-order valence-electron chi connectivity index (χ2n) is 3.97. The van der Waals surface area contributed by atoms with Gasteiger partial charge in [0.15, 0.2) is 0 Å². The van der Waals surface area contributed by atoms with Gasteiger partial charge in [-0.25, -0.2) is 4.79 Å². The van der Waals surface area contributed by atoms with Crippen LogP contribution >= 0.6 is 11.8 Å². The normalized spacial score (nSPS) is 19.9. The van der Waals surface area contributed by atoms with E-state index in [1.165, 1.54) is 4.90 Å². The first-order valence-electron chi connectivity index (χ1n) is 5.80. The van der Waals surface area contributed by atoms with Gasteiger partial charge in [0.2, 0.25) is 0 Å². The van der Waals surface area contributed by atoms with Crippen LogP contribution in [-0.2, 0) is 9.53 Å². The Morgan fingerprint density at radius 1 is 1.41 bits per heavy atom. The van der Waals surface area contributed by atoms with Gasteiger partial charge in [0.1, 0.15) is 6.04 Å². The molecule has 1 N–H and O–H groups in total. The summed E-state index contributed by atoms with van der Waals surface area (Å²) in [6, 6.07) is -0.586. The van der Waals surface area contributed by atoms with Gasteiger partial charge in [0, 0.05) is 20.3 Å². The highest BCUT2D eigenvalue weighted by atomic mass is 32.2. The minimum absolute atomic E-state index is 0.0905. The van der Waals surface area contributed by atoms with E-state index in [1.54, 1.807) is 18.9 Å². The minimum atomic E-state index is -0.322. The van der Waals surface area contributed by atoms with Gasteiger partial charge in [-0.15, -0.1) is 0 Å². The molecule has 0 aromatic rings. The highest BCUT2D eigenvalue weighted by molar-refractivity contribution is 7.98. The maximum absolute atomic E-state index is 11.9. The molecule has 1 atom stereocenters. The summed E-state index contributed by atoms with van der Waals surface area (Å²) in [6.45, 7) is 1.01. The van der Waals surface area contributed by atoms with Crippen molar-refractivity contribution in [2.45, 2.75) is 25.3 Å². The lowest BCUT2D eigenvalue weighted by Crippen LogP contribution is -2.32. The molecule has 0 saturated carbocycles. The molecule has 0 unspecified atom stereocenters. The van der Waals surface area contributed by atoms with Gasteiger partial charge in [-0.2, -0.15) is 11.8 Å². The largest absolute Gasteiger partial charge is 0.385 e. The van der Waals surface area contributed by atoms with Gasteiger partial charge in [0.25, 0.3) is 5.91 Å². The van der Waals surface area contributed by atoms with E-state index in [4.69, 9.17) is 4.74 Å². The third-order valence-corrected chi connectivity index (χ3v) is 3.38. The number of urea groups is 1. The topological polar surface area (TPSA) is 58.6 Å². The quantitative estimate of drug-likeness (QED) is 0.524. The Hall–Kier alpha value is -0.750. The molecule has 1 aliphatic heterocycles. The SMILES string of the molecule is COCCCN1C(=O)N[C@H](CCCSC)C1=O. The molecule has 1 saturated heterocycles. The summed E-state index contributed by atoms with van der Waals surface area (Å²) in [5.74, 6) is 0.927. The number of hydrogen-bond acceptors (Lipinski definition) is 4. The van der Waals surface area contributed by atoms with Gasteiger partial charge < -0.3 is 10.1 Å². The molecule has 5 nitrogen and oxygen atoms in total. The first kappa shape index (κ1) is 14.3. The minimum Gasteiger partial charge on any atom is -0.385 e. The predicted molar refractivity (Wildman–Crippen MR) is 68.1 cm³/mol. The Labute approximate surface area is 106 Å². The van der Waals surface area contributed by atoms with Crippen molar-refractivity contribution in [3.63, 3.8) is 0 Å². The molecular formula is C11H20N2O3S. The summed E-state index contributed by atoms with van der Waals surface area (Å²) in [4.78, 5) is 24.8. The molecule has 0 aliphatic carbocycles. The Bertz CT molecular complexity index is 273. The Morgan fingerprint density at radius 2 is 2.18 bits per heavy atom. The van der Waals surface area contributed by atoms with Gasteiger partial charge in [0.05, 0.1) is 0 Å². The maximum atomic E-state index is 11.9. The number of amides is 3. The lowest BCUT2D eigenvalue weighted by molar-refractivity contribution is -0.127. The number of carbonyl (C=O) groups is 2. The summed E-state index contributed by atoms with van der Waals surface area (Å²) >= 11 is 1.75. The number of ether oxygens (including phenoxy) is 1. The van der Waals surface area contributed by atoms with Crippen LogP contribution in [0, 0.1) is 0 Å². The third-order valence-electron chi connectivity index (χ3n) is 2.68. The van der Waals surface area contributed by atoms with E-state index in [-0.39, 0.29) is 18.0 Å². The van der Waals surface area contributed by atoms with Crippen molar-refractivity contribution in [2.75, 3.05) is 32.3 Å². The van der Waals surface area contributed by atoms with Crippen LogP contribution < -0.4 is 5.32 Å². The fourth-order valence-corrected chi connectivity index (χ4v) is 2.24. The van der Waals surface area contributed by atoms with Crippen molar-refractivity contribution in [3.05, 3.63) is 0 Å². The average Bonchev–Trinajstić information content (AvgIpc) is 2.57. The van der Waals surface area contributed by atoms with Crippen LogP contribution in [0.2, 0.25) is 0 Å². The average molecular weight is 260 g/mol. The van der Waals surface area contributed by atoms with Gasteiger partial charge in [-0.1, -0.05) is 0 Å². The van der Waals surface area contributed by atoms with E-state index in [1.807, 2.05) is 6.26 Å². The van der Waals surface area contributed by atoms with Crippen molar-refractivity contribution >= 4 is 23.7 Å². The zero-order valence-electron chi connectivity index (χ0n) is 10.4. The maximum Gasteiger partial charge on any atom is 0.324 e. The summed E-state index contributed by atoms with van der Waals surface area (Å²) in [5, 5.41) is 2.73. The van der Waals surface area contributed by atoms with Crippen molar-refractivity contribution in [1.82, 2.24) is 10.2 Å². The molecular weight excluding hydrogens is 240 g/mol. The summed E-state index contributed by atoms with van der Waals surface area (Å²) < 4.78 is 4.91. The molecule has 17 heavy (non-hydrogen) atoms. The molecule has 1 heterocycles. The van der Waals surface area contributed by atoms with E-state index < -0.39 is 0 Å². The molecule has 0 bridgehead atoms. The molecule has 0 spiro atoms. The second-order valence-corrected chi connectivity index (χ2v) is 4.96. The molecule has 0 aromatic carbocycles. The van der Waals surface area contributed by atoms with Crippen LogP contribution in [0.25, 0.3) is 0 Å². The molecule has 1 fully saturated rings. The standard InChI is InChI=1S/C11H20N2O3S/c1-16-7-4-6-13-10(14)9(12-11(13)15)5-3-8-17-2/h9H,3-8H2,1-2H3,(H,12,15)/t9-/m1/s1. The summed E-state index contributed by atoms with van der Waals surface area (Å²) in [7, 11) is 1.61. The highest BCUT2D eigenvalue weighted by Crippen LogP contribution is 2.13. The molecule has 0 radical (unpaired) electrons. The lowest BCUT2D eigenvalue weighted by atomic mass is 10.1. The molecule has 3 amide bonds. The Kier molecular flexibility index (Phi) is 6.36. The van der Waals surface area contributed by atoms with Crippen molar-refractivity contribution in [3.8, 4) is 0 Å². The number of methoxy groups -OCH3 is 1. The first-order chi connectivity index (χ1) is 8.20. The predicted octanol–water partition coefficient (Wildman–Crippen LogP) is 1.09. The fourth-order valence-electron chi connectivity index (χ4n) is 1.78. The lowest BCUT2D eigenvalue weighted by Gasteiger charge is -2.12. The van der Waals surface area contributed by atoms with E-state index in [0.29, 0.717) is 19.6 Å². The Morgan fingerprint density at radius 3 is 2.82 bits per heavy atom. The van der Waals surface area contributed by atoms with Crippen molar-refractivity contribution < 1.29 is 14.3 Å². The fraction of sp³-hybridized carbons (Fsp3) is 0.818. The third kappa shape index (κ3) is 4.20. The molecule has 98 valence electrons. The van der Waals surface area contributed by atoms with E-state index in [2.05, 4.69) is 5.32 Å². The summed E-state index contributed by atoms with van der Waals surface area (Å²) in [6.07, 6.45) is 4.40. The number of nitrogens with zero attached hydrogens (tertiary/aromatic N) is 1. The molecule has 6 heteroatoms. The van der Waals surface area contributed by atoms with E-state index in [9.17, 15) is 9.59 Å². The molecule has 0 aromatic heterocycles. The van der Waals surface area contributed by atoms with Crippen LogP contribution in [-0.4, -0.2) is 55.2 Å². The van der Waals surface area contributed by atoms with Crippen molar-refractivity contribution in [2.24, 2.45) is 0 Å². The number of rotatable bonds is 8.